The molecule has 0 bridgehead atoms. The molecule has 2 aromatic carbocycles. The minimum atomic E-state index is -2.78. The Hall–Kier alpha value is -3.37. The summed E-state index contributed by atoms with van der Waals surface area (Å²) in [6, 6.07) is 14.8. The number of rotatable bonds is 10. The second kappa shape index (κ2) is 12.9. The van der Waals surface area contributed by atoms with Gasteiger partial charge in [0, 0.05) is 56.0 Å². The van der Waals surface area contributed by atoms with Crippen molar-refractivity contribution >= 4 is 33.7 Å². The highest BCUT2D eigenvalue weighted by molar-refractivity contribution is 9.10. The van der Waals surface area contributed by atoms with Crippen LogP contribution in [0.2, 0.25) is 0 Å². The number of piperazine rings is 1. The summed E-state index contributed by atoms with van der Waals surface area (Å²) in [6.45, 7) is 3.60. The maximum atomic E-state index is 13.2. The normalized spacial score (nSPS) is 14.4. The standard InChI is InChI=1S/C28H29BrF2N4O3/c1-33-19-24(26(32-33)27(30)31)28(37)35-16-14-34(15-17-35)13-2-18-38-23-10-6-21(7-11-23)25(36)12-5-20-3-8-22(29)9-4-20/h3-12,19,27H,2,13-18H2,1H3/b12-5+. The molecule has 200 valence electrons. The minimum Gasteiger partial charge on any atom is -0.494 e. The topological polar surface area (TPSA) is 67.7 Å². The van der Waals surface area contributed by atoms with Gasteiger partial charge in [-0.3, -0.25) is 19.2 Å². The van der Waals surface area contributed by atoms with E-state index in [4.69, 9.17) is 4.74 Å². The van der Waals surface area contributed by atoms with Crippen LogP contribution in [0.3, 0.4) is 0 Å². The van der Waals surface area contributed by atoms with E-state index in [0.29, 0.717) is 44.1 Å². The predicted octanol–water partition coefficient (Wildman–Crippen LogP) is 5.24. The fraction of sp³-hybridized carbons (Fsp3) is 0.321. The molecule has 0 aliphatic carbocycles. The fourth-order valence-electron chi connectivity index (χ4n) is 4.21. The molecule has 0 saturated carbocycles. The third kappa shape index (κ3) is 7.35. The molecule has 38 heavy (non-hydrogen) atoms. The number of ketones is 1. The zero-order valence-corrected chi connectivity index (χ0v) is 22.6. The van der Waals surface area contributed by atoms with Crippen LogP contribution < -0.4 is 4.74 Å². The van der Waals surface area contributed by atoms with E-state index in [0.717, 1.165) is 23.0 Å². The van der Waals surface area contributed by atoms with E-state index in [2.05, 4.69) is 25.9 Å². The van der Waals surface area contributed by atoms with Crippen LogP contribution in [0, 0.1) is 0 Å². The van der Waals surface area contributed by atoms with Gasteiger partial charge in [-0.1, -0.05) is 34.1 Å². The predicted molar refractivity (Wildman–Crippen MR) is 145 cm³/mol. The summed E-state index contributed by atoms with van der Waals surface area (Å²) in [4.78, 5) is 29.0. The van der Waals surface area contributed by atoms with Crippen LogP contribution in [-0.2, 0) is 7.05 Å². The molecule has 0 radical (unpaired) electrons. The summed E-state index contributed by atoms with van der Waals surface area (Å²) in [5.74, 6) is 0.216. The molecule has 1 aliphatic heterocycles. The molecule has 3 aromatic rings. The van der Waals surface area contributed by atoms with Gasteiger partial charge in [-0.25, -0.2) is 8.78 Å². The second-order valence-corrected chi connectivity index (χ2v) is 9.93. The average molecular weight is 587 g/mol. The fourth-order valence-corrected chi connectivity index (χ4v) is 4.48. The molecule has 4 rings (SSSR count). The van der Waals surface area contributed by atoms with Crippen molar-refractivity contribution in [1.82, 2.24) is 19.6 Å². The van der Waals surface area contributed by atoms with Gasteiger partial charge in [0.25, 0.3) is 12.3 Å². The highest BCUT2D eigenvalue weighted by Crippen LogP contribution is 2.23. The van der Waals surface area contributed by atoms with Crippen LogP contribution in [0.5, 0.6) is 5.75 Å². The van der Waals surface area contributed by atoms with Crippen molar-refractivity contribution < 1.29 is 23.1 Å². The molecule has 0 unspecified atom stereocenters. The van der Waals surface area contributed by atoms with Gasteiger partial charge in [0.2, 0.25) is 0 Å². The Morgan fingerprint density at radius 2 is 1.74 bits per heavy atom. The van der Waals surface area contributed by atoms with Crippen molar-refractivity contribution in [2.45, 2.75) is 12.8 Å². The van der Waals surface area contributed by atoms with E-state index >= 15 is 0 Å². The SMILES string of the molecule is Cn1cc(C(=O)N2CCN(CCCOc3ccc(C(=O)/C=C/c4ccc(Br)cc4)cc3)CC2)c(C(F)F)n1. The lowest BCUT2D eigenvalue weighted by atomic mass is 10.1. The first kappa shape index (κ1) is 27.7. The van der Waals surface area contributed by atoms with Crippen LogP contribution in [-0.4, -0.2) is 70.6 Å². The zero-order chi connectivity index (χ0) is 27.1. The van der Waals surface area contributed by atoms with Crippen molar-refractivity contribution in [2.75, 3.05) is 39.3 Å². The minimum absolute atomic E-state index is 0.0299. The highest BCUT2D eigenvalue weighted by Gasteiger charge is 2.28. The van der Waals surface area contributed by atoms with E-state index < -0.39 is 18.0 Å². The van der Waals surface area contributed by atoms with Gasteiger partial charge in [0.05, 0.1) is 12.2 Å². The smallest absolute Gasteiger partial charge is 0.282 e. The first-order valence-corrected chi connectivity index (χ1v) is 13.1. The van der Waals surface area contributed by atoms with Gasteiger partial charge in [-0.15, -0.1) is 0 Å². The lowest BCUT2D eigenvalue weighted by Crippen LogP contribution is -2.49. The molecule has 0 atom stereocenters. The number of hydrogen-bond donors (Lipinski definition) is 0. The van der Waals surface area contributed by atoms with Gasteiger partial charge >= 0.3 is 0 Å². The van der Waals surface area contributed by atoms with Crippen LogP contribution in [0.4, 0.5) is 8.78 Å². The molecule has 1 aliphatic rings. The Kier molecular flexibility index (Phi) is 9.41. The number of hydrogen-bond acceptors (Lipinski definition) is 5. The third-order valence-electron chi connectivity index (χ3n) is 6.28. The van der Waals surface area contributed by atoms with E-state index in [9.17, 15) is 18.4 Å². The number of aromatic nitrogens is 2. The Morgan fingerprint density at radius 3 is 2.39 bits per heavy atom. The molecular weight excluding hydrogens is 558 g/mol. The van der Waals surface area contributed by atoms with Gasteiger partial charge in [-0.05, 0) is 54.5 Å². The maximum absolute atomic E-state index is 13.2. The van der Waals surface area contributed by atoms with Crippen molar-refractivity contribution in [3.63, 3.8) is 0 Å². The first-order valence-electron chi connectivity index (χ1n) is 12.3. The second-order valence-electron chi connectivity index (χ2n) is 9.01. The number of nitrogens with zero attached hydrogens (tertiary/aromatic N) is 4. The number of carbonyl (C=O) groups is 2. The Balaban J connectivity index is 1.16. The summed E-state index contributed by atoms with van der Waals surface area (Å²) < 4.78 is 34.4. The summed E-state index contributed by atoms with van der Waals surface area (Å²) in [7, 11) is 1.53. The number of benzene rings is 2. The van der Waals surface area contributed by atoms with Crippen molar-refractivity contribution in [2.24, 2.45) is 7.05 Å². The van der Waals surface area contributed by atoms with Crippen LogP contribution in [0.25, 0.3) is 6.08 Å². The lowest BCUT2D eigenvalue weighted by molar-refractivity contribution is 0.0620. The molecule has 0 N–H and O–H groups in total. The number of ether oxygens (including phenoxy) is 1. The molecule has 1 amide bonds. The average Bonchev–Trinajstić information content (AvgIpc) is 3.33. The van der Waals surface area contributed by atoms with Gasteiger partial charge in [0.1, 0.15) is 11.4 Å². The summed E-state index contributed by atoms with van der Waals surface area (Å²) in [5.41, 5.74) is 1.04. The van der Waals surface area contributed by atoms with Crippen molar-refractivity contribution in [3.05, 3.63) is 87.7 Å². The maximum Gasteiger partial charge on any atom is 0.282 e. The van der Waals surface area contributed by atoms with Crippen LogP contribution in [0.1, 0.15) is 44.8 Å². The highest BCUT2D eigenvalue weighted by atomic mass is 79.9. The number of allylic oxidation sites excluding steroid dienone is 1. The monoisotopic (exact) mass is 586 g/mol. The number of carbonyl (C=O) groups excluding carboxylic acids is 2. The Labute approximate surface area is 228 Å². The summed E-state index contributed by atoms with van der Waals surface area (Å²) in [5, 5.41) is 3.73. The quantitative estimate of drug-likeness (QED) is 0.184. The molecule has 1 saturated heterocycles. The van der Waals surface area contributed by atoms with E-state index in [1.54, 1.807) is 41.3 Å². The molecule has 7 nitrogen and oxygen atoms in total. The Bertz CT molecular complexity index is 1270. The number of alkyl halides is 2. The van der Waals surface area contributed by atoms with E-state index in [1.807, 2.05) is 24.3 Å². The first-order chi connectivity index (χ1) is 18.3. The van der Waals surface area contributed by atoms with Gasteiger partial charge in [-0.2, -0.15) is 5.10 Å². The number of halogens is 3. The molecule has 10 heteroatoms. The van der Waals surface area contributed by atoms with Crippen molar-refractivity contribution in [3.8, 4) is 5.75 Å². The van der Waals surface area contributed by atoms with Gasteiger partial charge < -0.3 is 9.64 Å². The zero-order valence-electron chi connectivity index (χ0n) is 21.0. The van der Waals surface area contributed by atoms with Crippen molar-refractivity contribution in [1.29, 1.82) is 0 Å². The number of amides is 1. The lowest BCUT2D eigenvalue weighted by Gasteiger charge is -2.34. The van der Waals surface area contributed by atoms with Gasteiger partial charge in [0.15, 0.2) is 5.78 Å². The molecule has 1 aromatic heterocycles. The van der Waals surface area contributed by atoms with Crippen LogP contribution in [0.15, 0.2) is 65.3 Å². The summed E-state index contributed by atoms with van der Waals surface area (Å²) in [6.07, 6.45) is 2.71. The van der Waals surface area contributed by atoms with Crippen LogP contribution >= 0.6 is 15.9 Å². The Morgan fingerprint density at radius 1 is 1.05 bits per heavy atom. The van der Waals surface area contributed by atoms with E-state index in [1.165, 1.54) is 17.9 Å². The molecule has 0 spiro atoms. The molecular formula is C28H29BrF2N4O3. The summed E-state index contributed by atoms with van der Waals surface area (Å²) >= 11 is 3.39. The van der Waals surface area contributed by atoms with E-state index in [-0.39, 0.29) is 11.3 Å². The molecule has 2 heterocycles. The molecule has 1 fully saturated rings. The third-order valence-corrected chi connectivity index (χ3v) is 6.81. The largest absolute Gasteiger partial charge is 0.494 e. The number of aryl methyl sites for hydroxylation is 1.